The summed E-state index contributed by atoms with van der Waals surface area (Å²) >= 11 is 5.83. The van der Waals surface area contributed by atoms with Crippen molar-refractivity contribution in [3.8, 4) is 6.07 Å². The number of allylic oxidation sites excluding steroid dienone is 1. The van der Waals surface area contributed by atoms with Gasteiger partial charge in [-0.2, -0.15) is 20.2 Å². The van der Waals surface area contributed by atoms with Gasteiger partial charge in [-0.05, 0) is 23.8 Å². The van der Waals surface area contributed by atoms with Crippen LogP contribution in [0, 0.1) is 11.3 Å². The van der Waals surface area contributed by atoms with E-state index in [9.17, 15) is 5.26 Å². The molecular weight excluding hydrogens is 288 g/mol. The van der Waals surface area contributed by atoms with Gasteiger partial charge in [0.1, 0.15) is 6.07 Å². The number of nitriles is 1. The molecule has 2 aromatic rings. The molecule has 0 aliphatic rings. The van der Waals surface area contributed by atoms with Crippen LogP contribution in [-0.4, -0.2) is 29.0 Å². The van der Waals surface area contributed by atoms with Gasteiger partial charge in [-0.1, -0.05) is 23.7 Å². The fourth-order valence-electron chi connectivity index (χ4n) is 1.57. The third kappa shape index (κ3) is 3.68. The molecule has 1 aromatic heterocycles. The Morgan fingerprint density at radius 1 is 1.24 bits per heavy atom. The number of hydrogen-bond acceptors (Lipinski definition) is 6. The maximum Gasteiger partial charge on any atom is 0.230 e. The Hall–Kier alpha value is -2.65. The monoisotopic (exact) mass is 300 g/mol. The SMILES string of the molecule is CN(C)c1nc(N)nc(/C(C#N)=C\c2ccc(Cl)cc2)n1. The van der Waals surface area contributed by atoms with Crippen LogP contribution in [-0.2, 0) is 0 Å². The maximum atomic E-state index is 9.32. The highest BCUT2D eigenvalue weighted by molar-refractivity contribution is 6.30. The standard InChI is InChI=1S/C14H13ClN6/c1-21(2)14-19-12(18-13(17)20-14)10(8-16)7-9-3-5-11(15)6-4-9/h3-7H,1-2H3,(H2,17,18,19,20)/b10-7-. The first-order valence-corrected chi connectivity index (χ1v) is 6.44. The Balaban J connectivity index is 2.46. The minimum atomic E-state index is 0.0703. The first-order valence-electron chi connectivity index (χ1n) is 6.06. The molecule has 0 atom stereocenters. The predicted molar refractivity (Wildman–Crippen MR) is 83.5 cm³/mol. The number of rotatable bonds is 3. The van der Waals surface area contributed by atoms with Crippen LogP contribution in [0.3, 0.4) is 0 Å². The first kappa shape index (κ1) is 14.8. The molecule has 21 heavy (non-hydrogen) atoms. The fraction of sp³-hybridized carbons (Fsp3) is 0.143. The second kappa shape index (κ2) is 6.20. The first-order chi connectivity index (χ1) is 9.99. The van der Waals surface area contributed by atoms with Crippen molar-refractivity contribution in [2.75, 3.05) is 24.7 Å². The lowest BCUT2D eigenvalue weighted by molar-refractivity contribution is 0.952. The summed E-state index contributed by atoms with van der Waals surface area (Å²) in [7, 11) is 3.57. The third-order valence-electron chi connectivity index (χ3n) is 2.58. The molecule has 7 heteroatoms. The van der Waals surface area contributed by atoms with Crippen molar-refractivity contribution in [1.29, 1.82) is 5.26 Å². The molecule has 0 bridgehead atoms. The number of hydrogen-bond donors (Lipinski definition) is 1. The van der Waals surface area contributed by atoms with E-state index in [0.717, 1.165) is 5.56 Å². The summed E-state index contributed by atoms with van der Waals surface area (Å²) in [6.45, 7) is 0. The molecule has 1 aromatic carbocycles. The van der Waals surface area contributed by atoms with Crippen LogP contribution in [0.1, 0.15) is 11.4 Å². The van der Waals surface area contributed by atoms with Crippen LogP contribution >= 0.6 is 11.6 Å². The van der Waals surface area contributed by atoms with Crippen LogP contribution in [0.4, 0.5) is 11.9 Å². The molecule has 1 heterocycles. The summed E-state index contributed by atoms with van der Waals surface area (Å²) in [5.74, 6) is 0.708. The van der Waals surface area contributed by atoms with Crippen molar-refractivity contribution in [2.45, 2.75) is 0 Å². The average Bonchev–Trinajstić information content (AvgIpc) is 2.46. The Bertz CT molecular complexity index is 715. The van der Waals surface area contributed by atoms with E-state index in [2.05, 4.69) is 21.0 Å². The zero-order valence-electron chi connectivity index (χ0n) is 11.6. The number of benzene rings is 1. The number of nitrogens with two attached hydrogens (primary N) is 1. The molecule has 106 valence electrons. The quantitative estimate of drug-likeness (QED) is 0.874. The van der Waals surface area contributed by atoms with Crippen LogP contribution in [0.25, 0.3) is 11.6 Å². The van der Waals surface area contributed by atoms with Gasteiger partial charge in [-0.25, -0.2) is 0 Å². The van der Waals surface area contributed by atoms with Crippen molar-refractivity contribution in [1.82, 2.24) is 15.0 Å². The normalized spacial score (nSPS) is 11.0. The van der Waals surface area contributed by atoms with Crippen LogP contribution in [0.5, 0.6) is 0 Å². The van der Waals surface area contributed by atoms with Crippen molar-refractivity contribution >= 4 is 35.1 Å². The second-order valence-corrected chi connectivity index (χ2v) is 4.87. The summed E-state index contributed by atoms with van der Waals surface area (Å²) in [5.41, 5.74) is 6.78. The van der Waals surface area contributed by atoms with E-state index in [1.807, 2.05) is 0 Å². The van der Waals surface area contributed by atoms with Crippen LogP contribution < -0.4 is 10.6 Å². The van der Waals surface area contributed by atoms with Crippen molar-refractivity contribution in [3.63, 3.8) is 0 Å². The average molecular weight is 301 g/mol. The summed E-state index contributed by atoms with van der Waals surface area (Å²) in [6.07, 6.45) is 1.67. The van der Waals surface area contributed by atoms with Crippen LogP contribution in [0.15, 0.2) is 24.3 Å². The molecule has 2 N–H and O–H groups in total. The molecule has 0 spiro atoms. The Morgan fingerprint density at radius 2 is 1.90 bits per heavy atom. The minimum absolute atomic E-state index is 0.0703. The van der Waals surface area contributed by atoms with Gasteiger partial charge in [0, 0.05) is 19.1 Å². The number of nitrogens with zero attached hydrogens (tertiary/aromatic N) is 5. The highest BCUT2D eigenvalue weighted by Gasteiger charge is 2.10. The summed E-state index contributed by atoms with van der Waals surface area (Å²) < 4.78 is 0. The van der Waals surface area contributed by atoms with E-state index in [4.69, 9.17) is 17.3 Å². The topological polar surface area (TPSA) is 91.7 Å². The molecule has 0 fully saturated rings. The van der Waals surface area contributed by atoms with Gasteiger partial charge < -0.3 is 10.6 Å². The second-order valence-electron chi connectivity index (χ2n) is 4.43. The molecule has 6 nitrogen and oxygen atoms in total. The molecule has 0 aliphatic carbocycles. The predicted octanol–water partition coefficient (Wildman–Crippen LogP) is 2.24. The number of nitrogen functional groups attached to an aromatic ring is 1. The Labute approximate surface area is 127 Å². The number of halogens is 1. The molecule has 0 radical (unpaired) electrons. The van der Waals surface area contributed by atoms with E-state index in [1.54, 1.807) is 49.3 Å². The third-order valence-corrected chi connectivity index (χ3v) is 2.84. The van der Waals surface area contributed by atoms with Gasteiger partial charge in [0.2, 0.25) is 11.9 Å². The van der Waals surface area contributed by atoms with E-state index >= 15 is 0 Å². The summed E-state index contributed by atoms with van der Waals surface area (Å²) in [6, 6.07) is 9.17. The highest BCUT2D eigenvalue weighted by Crippen LogP contribution is 2.18. The molecule has 0 aliphatic heterocycles. The lowest BCUT2D eigenvalue weighted by Gasteiger charge is -2.10. The fourth-order valence-corrected chi connectivity index (χ4v) is 1.70. The van der Waals surface area contributed by atoms with Gasteiger partial charge >= 0.3 is 0 Å². The van der Waals surface area contributed by atoms with Gasteiger partial charge in [-0.3, -0.25) is 0 Å². The van der Waals surface area contributed by atoms with Crippen LogP contribution in [0.2, 0.25) is 5.02 Å². The summed E-state index contributed by atoms with van der Waals surface area (Å²) in [5, 5.41) is 9.95. The molecule has 0 saturated heterocycles. The molecule has 0 saturated carbocycles. The number of aromatic nitrogens is 3. The Morgan fingerprint density at radius 3 is 2.48 bits per heavy atom. The maximum absolute atomic E-state index is 9.32. The molecular formula is C14H13ClN6. The van der Waals surface area contributed by atoms with Crippen molar-refractivity contribution in [2.24, 2.45) is 0 Å². The smallest absolute Gasteiger partial charge is 0.230 e. The van der Waals surface area contributed by atoms with E-state index in [1.165, 1.54) is 0 Å². The zero-order chi connectivity index (χ0) is 15.4. The van der Waals surface area contributed by atoms with Crippen molar-refractivity contribution in [3.05, 3.63) is 40.7 Å². The highest BCUT2D eigenvalue weighted by atomic mass is 35.5. The van der Waals surface area contributed by atoms with E-state index < -0.39 is 0 Å². The molecule has 2 rings (SSSR count). The van der Waals surface area contributed by atoms with Crippen molar-refractivity contribution < 1.29 is 0 Å². The minimum Gasteiger partial charge on any atom is -0.368 e. The van der Waals surface area contributed by atoms with E-state index in [0.29, 0.717) is 16.5 Å². The molecule has 0 amide bonds. The summed E-state index contributed by atoms with van der Waals surface area (Å²) in [4.78, 5) is 13.9. The molecule has 0 unspecified atom stereocenters. The number of anilines is 2. The lowest BCUT2D eigenvalue weighted by atomic mass is 10.1. The zero-order valence-corrected chi connectivity index (χ0v) is 12.3. The lowest BCUT2D eigenvalue weighted by Crippen LogP contribution is -2.15. The van der Waals surface area contributed by atoms with Gasteiger partial charge in [0.05, 0.1) is 5.57 Å². The Kier molecular flexibility index (Phi) is 4.36. The van der Waals surface area contributed by atoms with E-state index in [-0.39, 0.29) is 11.8 Å². The van der Waals surface area contributed by atoms with Gasteiger partial charge in [0.25, 0.3) is 0 Å². The largest absolute Gasteiger partial charge is 0.368 e. The van der Waals surface area contributed by atoms with Gasteiger partial charge in [-0.15, -0.1) is 0 Å². The van der Waals surface area contributed by atoms with Gasteiger partial charge in [0.15, 0.2) is 5.82 Å².